The Balaban J connectivity index is 3.69. The molecule has 4 nitrogen and oxygen atoms in total. The van der Waals surface area contributed by atoms with Crippen LogP contribution in [0, 0.1) is 10.8 Å². The summed E-state index contributed by atoms with van der Waals surface area (Å²) < 4.78 is 0. The highest BCUT2D eigenvalue weighted by molar-refractivity contribution is 9.10. The molecule has 6 heteroatoms. The van der Waals surface area contributed by atoms with Gasteiger partial charge in [0.15, 0.2) is 0 Å². The van der Waals surface area contributed by atoms with Crippen LogP contribution >= 0.6 is 31.9 Å². The number of carboxylic acids is 2. The standard InChI is InChI=1S/C20H36Br2O4/c1-19(2,15(21)17(23)24)13-11-9-7-5-6-8-10-12-14-20(3,4)16(22)18(25)26/h15-16H,5-14H2,1-4H3,(H,23,24)(H,25,26)/t15-,16+. The topological polar surface area (TPSA) is 74.6 Å². The number of carboxylic acid groups (broad SMARTS) is 2. The predicted molar refractivity (Wildman–Crippen MR) is 114 cm³/mol. The molecular weight excluding hydrogens is 464 g/mol. The Kier molecular flexibility index (Phi) is 12.3. The van der Waals surface area contributed by atoms with Crippen molar-refractivity contribution in [2.75, 3.05) is 0 Å². The fourth-order valence-corrected chi connectivity index (χ4v) is 3.60. The van der Waals surface area contributed by atoms with Gasteiger partial charge in [-0.2, -0.15) is 0 Å². The van der Waals surface area contributed by atoms with Gasteiger partial charge in [0, 0.05) is 0 Å². The van der Waals surface area contributed by atoms with Gasteiger partial charge < -0.3 is 10.2 Å². The van der Waals surface area contributed by atoms with Gasteiger partial charge in [0.05, 0.1) is 0 Å². The van der Waals surface area contributed by atoms with Crippen LogP contribution < -0.4 is 0 Å². The molecule has 0 saturated heterocycles. The van der Waals surface area contributed by atoms with Crippen LogP contribution in [0.25, 0.3) is 0 Å². The molecule has 0 aliphatic carbocycles. The molecule has 0 bridgehead atoms. The summed E-state index contributed by atoms with van der Waals surface area (Å²) >= 11 is 6.55. The average Bonchev–Trinajstić information content (AvgIpc) is 2.54. The normalized spacial score (nSPS) is 14.8. The van der Waals surface area contributed by atoms with Gasteiger partial charge in [-0.25, -0.2) is 0 Å². The van der Waals surface area contributed by atoms with Gasteiger partial charge in [-0.05, 0) is 23.7 Å². The summed E-state index contributed by atoms with van der Waals surface area (Å²) in [5, 5.41) is 18.2. The predicted octanol–water partition coefficient (Wildman–Crippen LogP) is 6.64. The quantitative estimate of drug-likeness (QED) is 0.195. The fraction of sp³-hybridized carbons (Fsp3) is 0.900. The number of rotatable bonds is 15. The van der Waals surface area contributed by atoms with Crippen molar-refractivity contribution in [2.24, 2.45) is 10.8 Å². The molecule has 0 rings (SSSR count). The Morgan fingerprint density at radius 2 is 0.885 bits per heavy atom. The molecule has 0 radical (unpaired) electrons. The van der Waals surface area contributed by atoms with E-state index in [1.54, 1.807) is 0 Å². The number of halogens is 2. The van der Waals surface area contributed by atoms with E-state index in [4.69, 9.17) is 10.2 Å². The van der Waals surface area contributed by atoms with Gasteiger partial charge in [-0.15, -0.1) is 0 Å². The highest BCUT2D eigenvalue weighted by atomic mass is 79.9. The van der Waals surface area contributed by atoms with E-state index in [0.717, 1.165) is 38.5 Å². The zero-order chi connectivity index (χ0) is 20.4. The van der Waals surface area contributed by atoms with Crippen LogP contribution in [-0.2, 0) is 9.59 Å². The van der Waals surface area contributed by atoms with Crippen LogP contribution in [0.2, 0.25) is 0 Å². The van der Waals surface area contributed by atoms with E-state index < -0.39 is 21.6 Å². The van der Waals surface area contributed by atoms with Gasteiger partial charge in [0.25, 0.3) is 0 Å². The molecule has 154 valence electrons. The second-order valence-corrected chi connectivity index (χ2v) is 10.5. The number of hydrogen-bond donors (Lipinski definition) is 2. The molecule has 2 N–H and O–H groups in total. The van der Waals surface area contributed by atoms with Crippen LogP contribution in [0.4, 0.5) is 0 Å². The molecule has 0 fully saturated rings. The Bertz CT molecular complexity index is 396. The molecule has 0 amide bonds. The number of aliphatic carboxylic acids is 2. The maximum atomic E-state index is 11.1. The first-order valence-electron chi connectivity index (χ1n) is 9.65. The van der Waals surface area contributed by atoms with E-state index in [-0.39, 0.29) is 10.8 Å². The Morgan fingerprint density at radius 3 is 1.12 bits per heavy atom. The highest BCUT2D eigenvalue weighted by Crippen LogP contribution is 2.34. The lowest BCUT2D eigenvalue weighted by Gasteiger charge is -2.27. The number of hydrogen-bond acceptors (Lipinski definition) is 2. The third-order valence-electron chi connectivity index (χ3n) is 5.20. The Labute approximate surface area is 175 Å². The molecule has 0 spiro atoms. The maximum Gasteiger partial charge on any atom is 0.317 e. The molecule has 0 unspecified atom stereocenters. The summed E-state index contributed by atoms with van der Waals surface area (Å²) in [5.74, 6) is -1.57. The maximum absolute atomic E-state index is 11.1. The fourth-order valence-electron chi connectivity index (χ4n) is 3.14. The Hall–Kier alpha value is -0.100. The molecular formula is C20H36Br2O4. The first kappa shape index (κ1) is 25.9. The lowest BCUT2D eigenvalue weighted by atomic mass is 9.83. The first-order valence-corrected chi connectivity index (χ1v) is 11.5. The van der Waals surface area contributed by atoms with E-state index in [0.29, 0.717) is 0 Å². The van der Waals surface area contributed by atoms with Crippen molar-refractivity contribution in [3.8, 4) is 0 Å². The molecule has 2 atom stereocenters. The van der Waals surface area contributed by atoms with Crippen LogP contribution in [0.5, 0.6) is 0 Å². The molecule has 0 aromatic heterocycles. The number of unbranched alkanes of at least 4 members (excludes halogenated alkanes) is 7. The van der Waals surface area contributed by atoms with Crippen molar-refractivity contribution in [1.29, 1.82) is 0 Å². The van der Waals surface area contributed by atoms with Crippen LogP contribution in [0.1, 0.15) is 91.9 Å². The summed E-state index contributed by atoms with van der Waals surface area (Å²) in [7, 11) is 0. The van der Waals surface area contributed by atoms with Crippen LogP contribution in [-0.4, -0.2) is 31.8 Å². The van der Waals surface area contributed by atoms with Gasteiger partial charge in [-0.3, -0.25) is 9.59 Å². The first-order chi connectivity index (χ1) is 11.9. The zero-order valence-corrected chi connectivity index (χ0v) is 19.9. The van der Waals surface area contributed by atoms with E-state index in [1.807, 2.05) is 27.7 Å². The second-order valence-electron chi connectivity index (χ2n) is 8.71. The van der Waals surface area contributed by atoms with E-state index in [9.17, 15) is 9.59 Å². The third-order valence-corrected chi connectivity index (χ3v) is 8.46. The van der Waals surface area contributed by atoms with Gasteiger partial charge in [0.1, 0.15) is 9.65 Å². The van der Waals surface area contributed by atoms with E-state index >= 15 is 0 Å². The molecule has 0 aliphatic rings. The minimum Gasteiger partial charge on any atom is -0.480 e. The second kappa shape index (κ2) is 12.4. The monoisotopic (exact) mass is 498 g/mol. The lowest BCUT2D eigenvalue weighted by Crippen LogP contribution is -2.31. The van der Waals surface area contributed by atoms with Crippen molar-refractivity contribution in [3.05, 3.63) is 0 Å². The van der Waals surface area contributed by atoms with Gasteiger partial charge in [0.2, 0.25) is 0 Å². The molecule has 0 saturated carbocycles. The van der Waals surface area contributed by atoms with Crippen LogP contribution in [0.15, 0.2) is 0 Å². The zero-order valence-electron chi connectivity index (χ0n) is 16.7. The van der Waals surface area contributed by atoms with Gasteiger partial charge >= 0.3 is 11.9 Å². The SMILES string of the molecule is CC(C)(CCCCCCCCCCC(C)(C)[C@@H](Br)C(=O)O)[C@H](Br)C(=O)O. The number of carbonyl (C=O) groups is 2. The molecule has 0 heterocycles. The van der Waals surface area contributed by atoms with Crippen LogP contribution in [0.3, 0.4) is 0 Å². The molecule has 0 aliphatic heterocycles. The van der Waals surface area contributed by atoms with Crippen molar-refractivity contribution < 1.29 is 19.8 Å². The van der Waals surface area contributed by atoms with Crippen molar-refractivity contribution in [3.63, 3.8) is 0 Å². The van der Waals surface area contributed by atoms with Crippen molar-refractivity contribution >= 4 is 43.8 Å². The van der Waals surface area contributed by atoms with E-state index in [2.05, 4.69) is 31.9 Å². The molecule has 26 heavy (non-hydrogen) atoms. The van der Waals surface area contributed by atoms with Gasteiger partial charge in [-0.1, -0.05) is 111 Å². The summed E-state index contributed by atoms with van der Waals surface area (Å²) in [5.41, 5.74) is -0.441. The lowest BCUT2D eigenvalue weighted by molar-refractivity contribution is -0.139. The molecule has 0 aromatic carbocycles. The summed E-state index contributed by atoms with van der Waals surface area (Å²) in [6, 6.07) is 0. The minimum absolute atomic E-state index is 0.220. The minimum atomic E-state index is -0.784. The highest BCUT2D eigenvalue weighted by Gasteiger charge is 2.33. The average molecular weight is 500 g/mol. The van der Waals surface area contributed by atoms with E-state index in [1.165, 1.54) is 25.7 Å². The third kappa shape index (κ3) is 10.3. The molecule has 0 aromatic rings. The Morgan fingerprint density at radius 1 is 0.654 bits per heavy atom. The summed E-state index contributed by atoms with van der Waals surface area (Å²) in [6.07, 6.45) is 11.1. The van der Waals surface area contributed by atoms with Crippen molar-refractivity contribution in [1.82, 2.24) is 0 Å². The number of alkyl halides is 2. The van der Waals surface area contributed by atoms with Crippen molar-refractivity contribution in [2.45, 2.75) is 102 Å². The smallest absolute Gasteiger partial charge is 0.317 e. The summed E-state index contributed by atoms with van der Waals surface area (Å²) in [6.45, 7) is 8.02. The summed E-state index contributed by atoms with van der Waals surface area (Å²) in [4.78, 5) is 21.1. The largest absolute Gasteiger partial charge is 0.480 e.